The molecular formula is C20H22N2O2S2. The van der Waals surface area contributed by atoms with Gasteiger partial charge in [-0.15, -0.1) is 24.5 Å². The fraction of sp³-hybridized carbons (Fsp3) is 0.200. The van der Waals surface area contributed by atoms with Gasteiger partial charge in [-0.3, -0.25) is 0 Å². The van der Waals surface area contributed by atoms with Crippen LogP contribution in [0.15, 0.2) is 61.7 Å². The Bertz CT molecular complexity index is 774. The summed E-state index contributed by atoms with van der Waals surface area (Å²) < 4.78 is 4.92. The van der Waals surface area contributed by atoms with E-state index in [1.54, 1.807) is 12.2 Å². The third-order valence-electron chi connectivity index (χ3n) is 3.62. The van der Waals surface area contributed by atoms with Crippen molar-refractivity contribution in [3.05, 3.63) is 77.7 Å². The summed E-state index contributed by atoms with van der Waals surface area (Å²) in [6.07, 6.45) is 4.29. The quantitative estimate of drug-likeness (QED) is 0.411. The van der Waals surface area contributed by atoms with Crippen LogP contribution in [0.3, 0.4) is 0 Å². The lowest BCUT2D eigenvalue weighted by Crippen LogP contribution is -2.35. The first-order valence-corrected chi connectivity index (χ1v) is 9.34. The van der Waals surface area contributed by atoms with Gasteiger partial charge in [0.2, 0.25) is 0 Å². The van der Waals surface area contributed by atoms with Crippen LogP contribution in [0.1, 0.15) is 20.8 Å². The fourth-order valence-electron chi connectivity index (χ4n) is 2.41. The van der Waals surface area contributed by atoms with E-state index in [0.717, 1.165) is 11.3 Å². The molecule has 0 radical (unpaired) electrons. The summed E-state index contributed by atoms with van der Waals surface area (Å²) in [5.74, 6) is -0.384. The Morgan fingerprint density at radius 1 is 1.27 bits per heavy atom. The number of nitrogens with zero attached hydrogens (tertiary/aromatic N) is 1. The van der Waals surface area contributed by atoms with Gasteiger partial charge in [-0.05, 0) is 23.8 Å². The zero-order chi connectivity index (χ0) is 18.9. The van der Waals surface area contributed by atoms with Gasteiger partial charge in [0.1, 0.15) is 5.00 Å². The molecule has 0 unspecified atom stereocenters. The molecule has 0 aliphatic heterocycles. The van der Waals surface area contributed by atoms with Gasteiger partial charge < -0.3 is 15.0 Å². The van der Waals surface area contributed by atoms with Crippen molar-refractivity contribution in [1.82, 2.24) is 4.90 Å². The molecule has 1 aromatic heterocycles. The molecule has 26 heavy (non-hydrogen) atoms. The first-order chi connectivity index (χ1) is 12.6. The Balaban J connectivity index is 2.24. The van der Waals surface area contributed by atoms with Crippen LogP contribution in [0, 0.1) is 0 Å². The number of methoxy groups -OCH3 is 1. The molecule has 136 valence electrons. The number of benzene rings is 1. The number of ether oxygens (including phenoxy) is 1. The highest BCUT2D eigenvalue weighted by Crippen LogP contribution is 2.31. The molecule has 6 heteroatoms. The van der Waals surface area contributed by atoms with E-state index in [4.69, 9.17) is 17.0 Å². The number of nitrogens with one attached hydrogen (secondary N) is 1. The molecule has 0 spiro atoms. The van der Waals surface area contributed by atoms with Gasteiger partial charge in [0.15, 0.2) is 5.11 Å². The van der Waals surface area contributed by atoms with Crippen molar-refractivity contribution in [3.8, 4) is 0 Å². The van der Waals surface area contributed by atoms with Gasteiger partial charge in [0, 0.05) is 24.4 Å². The molecule has 0 atom stereocenters. The van der Waals surface area contributed by atoms with E-state index in [2.05, 4.69) is 30.6 Å². The predicted molar refractivity (Wildman–Crippen MR) is 113 cm³/mol. The van der Waals surface area contributed by atoms with Crippen molar-refractivity contribution in [2.75, 3.05) is 25.5 Å². The average Bonchev–Trinajstić information content (AvgIpc) is 3.03. The summed E-state index contributed by atoms with van der Waals surface area (Å²) in [4.78, 5) is 15.1. The van der Waals surface area contributed by atoms with E-state index >= 15 is 0 Å². The van der Waals surface area contributed by atoms with Crippen LogP contribution in [-0.4, -0.2) is 36.2 Å². The third-order valence-corrected chi connectivity index (χ3v) is 5.03. The van der Waals surface area contributed by atoms with Crippen molar-refractivity contribution < 1.29 is 9.53 Å². The van der Waals surface area contributed by atoms with Gasteiger partial charge in [-0.2, -0.15) is 0 Å². The number of carbonyl (C=O) groups excluding carboxylic acids is 1. The van der Waals surface area contributed by atoms with Crippen LogP contribution in [0.5, 0.6) is 0 Å². The van der Waals surface area contributed by atoms with Gasteiger partial charge in [0.25, 0.3) is 0 Å². The van der Waals surface area contributed by atoms with Crippen molar-refractivity contribution in [1.29, 1.82) is 0 Å². The van der Waals surface area contributed by atoms with Crippen LogP contribution < -0.4 is 5.32 Å². The van der Waals surface area contributed by atoms with E-state index in [0.29, 0.717) is 28.8 Å². The second kappa shape index (κ2) is 9.89. The number of rotatable bonds is 8. The maximum Gasteiger partial charge on any atom is 0.340 e. The van der Waals surface area contributed by atoms with Crippen LogP contribution in [0.2, 0.25) is 0 Å². The second-order valence-electron chi connectivity index (χ2n) is 5.52. The molecule has 4 nitrogen and oxygen atoms in total. The monoisotopic (exact) mass is 386 g/mol. The first-order valence-electron chi connectivity index (χ1n) is 8.11. The largest absolute Gasteiger partial charge is 0.465 e. The molecule has 1 aromatic carbocycles. The lowest BCUT2D eigenvalue weighted by molar-refractivity contribution is 0.0602. The smallest absolute Gasteiger partial charge is 0.340 e. The topological polar surface area (TPSA) is 41.6 Å². The molecule has 0 saturated carbocycles. The molecule has 0 aliphatic carbocycles. The lowest BCUT2D eigenvalue weighted by Gasteiger charge is -2.22. The van der Waals surface area contributed by atoms with Crippen molar-refractivity contribution in [2.45, 2.75) is 6.42 Å². The van der Waals surface area contributed by atoms with E-state index in [1.807, 2.05) is 29.2 Å². The summed E-state index contributed by atoms with van der Waals surface area (Å²) in [6.45, 7) is 8.68. The zero-order valence-corrected chi connectivity index (χ0v) is 16.4. The highest BCUT2D eigenvalue weighted by atomic mass is 32.1. The van der Waals surface area contributed by atoms with Crippen molar-refractivity contribution in [2.24, 2.45) is 0 Å². The molecule has 2 rings (SSSR count). The fourth-order valence-corrected chi connectivity index (χ4v) is 3.80. The Kier molecular flexibility index (Phi) is 7.56. The molecular weight excluding hydrogens is 364 g/mol. The highest BCUT2D eigenvalue weighted by molar-refractivity contribution is 7.80. The van der Waals surface area contributed by atoms with Gasteiger partial charge >= 0.3 is 5.97 Å². The van der Waals surface area contributed by atoms with Crippen LogP contribution >= 0.6 is 23.6 Å². The Morgan fingerprint density at radius 2 is 1.92 bits per heavy atom. The Hall–Kier alpha value is -2.44. The Morgan fingerprint density at radius 3 is 2.50 bits per heavy atom. The number of thiocarbonyl (C=S) groups is 1. The van der Waals surface area contributed by atoms with Crippen LogP contribution in [-0.2, 0) is 11.2 Å². The van der Waals surface area contributed by atoms with E-state index in [-0.39, 0.29) is 5.97 Å². The van der Waals surface area contributed by atoms with E-state index in [1.165, 1.54) is 24.0 Å². The lowest BCUT2D eigenvalue weighted by atomic mass is 10.1. The molecule has 2 aromatic rings. The third kappa shape index (κ3) is 5.28. The summed E-state index contributed by atoms with van der Waals surface area (Å²) in [5, 5.41) is 4.38. The SMILES string of the molecule is C=CCN(CC=C)C(=S)Nc1sc(Cc2ccccc2)cc1C(=O)OC. The van der Waals surface area contributed by atoms with E-state index in [9.17, 15) is 4.79 Å². The molecule has 0 amide bonds. The molecule has 1 N–H and O–H groups in total. The molecule has 0 bridgehead atoms. The molecule has 0 aliphatic rings. The molecule has 0 saturated heterocycles. The second-order valence-corrected chi connectivity index (χ2v) is 7.05. The minimum Gasteiger partial charge on any atom is -0.465 e. The van der Waals surface area contributed by atoms with Gasteiger partial charge in [-0.25, -0.2) is 4.79 Å². The van der Waals surface area contributed by atoms with Crippen LogP contribution in [0.25, 0.3) is 0 Å². The maximum absolute atomic E-state index is 12.2. The highest BCUT2D eigenvalue weighted by Gasteiger charge is 2.19. The molecule has 1 heterocycles. The maximum atomic E-state index is 12.2. The Labute approximate surface area is 163 Å². The predicted octanol–water partition coefficient (Wildman–Crippen LogP) is 4.50. The number of anilines is 1. The first kappa shape index (κ1) is 19.9. The number of hydrogen-bond acceptors (Lipinski definition) is 4. The van der Waals surface area contributed by atoms with Crippen molar-refractivity contribution >= 4 is 39.6 Å². The number of carbonyl (C=O) groups is 1. The average molecular weight is 387 g/mol. The number of thiophene rings is 1. The van der Waals surface area contributed by atoms with Crippen LogP contribution in [0.4, 0.5) is 5.00 Å². The van der Waals surface area contributed by atoms with Gasteiger partial charge in [0.05, 0.1) is 12.7 Å². The van der Waals surface area contributed by atoms with Crippen molar-refractivity contribution in [3.63, 3.8) is 0 Å². The standard InChI is InChI=1S/C20H22N2O2S2/c1-4-11-22(12-5-2)20(25)21-18-17(19(23)24-3)14-16(26-18)13-15-9-7-6-8-10-15/h4-10,14H,1-2,11-13H2,3H3,(H,21,25). The minimum atomic E-state index is -0.384. The summed E-state index contributed by atoms with van der Waals surface area (Å²) >= 11 is 6.99. The molecule has 0 fully saturated rings. The summed E-state index contributed by atoms with van der Waals surface area (Å²) in [6, 6.07) is 12.0. The normalized spacial score (nSPS) is 10.0. The summed E-state index contributed by atoms with van der Waals surface area (Å²) in [5.41, 5.74) is 1.67. The van der Waals surface area contributed by atoms with E-state index < -0.39 is 0 Å². The number of esters is 1. The number of hydrogen-bond donors (Lipinski definition) is 1. The zero-order valence-electron chi connectivity index (χ0n) is 14.7. The minimum absolute atomic E-state index is 0.384. The van der Waals surface area contributed by atoms with Gasteiger partial charge in [-0.1, -0.05) is 42.5 Å². The summed E-state index contributed by atoms with van der Waals surface area (Å²) in [7, 11) is 1.38.